The fourth-order valence-electron chi connectivity index (χ4n) is 4.63. The lowest BCUT2D eigenvalue weighted by Crippen LogP contribution is -2.42. The van der Waals surface area contributed by atoms with Crippen LogP contribution in [0.4, 0.5) is 5.82 Å². The van der Waals surface area contributed by atoms with E-state index in [1.165, 1.54) is 6.33 Å². The molecule has 8 nitrogen and oxygen atoms in total. The van der Waals surface area contributed by atoms with Crippen LogP contribution >= 0.6 is 0 Å². The molecule has 1 aromatic carbocycles. The zero-order valence-corrected chi connectivity index (χ0v) is 19.4. The van der Waals surface area contributed by atoms with Crippen LogP contribution in [0, 0.1) is 0 Å². The minimum absolute atomic E-state index is 0.0948. The summed E-state index contributed by atoms with van der Waals surface area (Å²) in [4.78, 5) is 14.4. The molecule has 2 aliphatic rings. The second-order valence-corrected chi connectivity index (χ2v) is 9.55. The van der Waals surface area contributed by atoms with Crippen molar-refractivity contribution in [3.63, 3.8) is 0 Å². The van der Waals surface area contributed by atoms with Crippen molar-refractivity contribution in [1.29, 1.82) is 0 Å². The normalized spacial score (nSPS) is 25.2. The zero-order chi connectivity index (χ0) is 22.9. The molecule has 0 spiro atoms. The Labute approximate surface area is 189 Å². The first kappa shape index (κ1) is 22.5. The highest BCUT2D eigenvalue weighted by molar-refractivity contribution is 6.15. The van der Waals surface area contributed by atoms with E-state index < -0.39 is 5.41 Å². The van der Waals surface area contributed by atoms with Crippen molar-refractivity contribution in [2.24, 2.45) is 10.9 Å². The molecule has 4 rings (SSSR count). The van der Waals surface area contributed by atoms with Gasteiger partial charge in [-0.15, -0.1) is 0 Å². The fraction of sp³-hybridized carbons (Fsp3) is 0.542. The van der Waals surface area contributed by atoms with Crippen molar-refractivity contribution in [2.45, 2.75) is 63.5 Å². The maximum atomic E-state index is 6.36. The van der Waals surface area contributed by atoms with Crippen LogP contribution in [0.25, 0.3) is 11.3 Å². The summed E-state index contributed by atoms with van der Waals surface area (Å²) >= 11 is 0. The van der Waals surface area contributed by atoms with Crippen molar-refractivity contribution in [2.75, 3.05) is 26.1 Å². The van der Waals surface area contributed by atoms with Gasteiger partial charge >= 0.3 is 0 Å². The van der Waals surface area contributed by atoms with Gasteiger partial charge in [-0.1, -0.05) is 5.16 Å². The Morgan fingerprint density at radius 2 is 1.84 bits per heavy atom. The van der Waals surface area contributed by atoms with Crippen LogP contribution in [0.1, 0.15) is 57.6 Å². The first-order valence-corrected chi connectivity index (χ1v) is 11.1. The summed E-state index contributed by atoms with van der Waals surface area (Å²) in [5, 5.41) is 4.52. The third-order valence-corrected chi connectivity index (χ3v) is 6.51. The summed E-state index contributed by atoms with van der Waals surface area (Å²) in [5.41, 5.74) is 16.2. The van der Waals surface area contributed by atoms with Gasteiger partial charge in [0, 0.05) is 34.8 Å². The maximum absolute atomic E-state index is 6.36. The van der Waals surface area contributed by atoms with Crippen LogP contribution in [0.15, 0.2) is 29.7 Å². The van der Waals surface area contributed by atoms with Gasteiger partial charge in [0.2, 0.25) is 0 Å². The van der Waals surface area contributed by atoms with E-state index in [9.17, 15) is 0 Å². The Bertz CT molecular complexity index is 1010. The molecule has 0 saturated heterocycles. The molecule has 1 aromatic heterocycles. The fourth-order valence-corrected chi connectivity index (χ4v) is 4.63. The van der Waals surface area contributed by atoms with Gasteiger partial charge in [0.15, 0.2) is 0 Å². The van der Waals surface area contributed by atoms with Crippen molar-refractivity contribution in [3.05, 3.63) is 35.7 Å². The number of anilines is 1. The molecule has 0 atom stereocenters. The molecule has 0 radical (unpaired) electrons. The monoisotopic (exact) mass is 439 g/mol. The number of aromatic nitrogens is 2. The summed E-state index contributed by atoms with van der Waals surface area (Å²) in [5.74, 6) is 1.25. The average Bonchev–Trinajstić information content (AvgIpc) is 2.74. The predicted molar refractivity (Wildman–Crippen MR) is 125 cm³/mol. The number of hydrogen-bond acceptors (Lipinski definition) is 8. The number of nitrogens with zero attached hydrogens (tertiary/aromatic N) is 3. The van der Waals surface area contributed by atoms with Gasteiger partial charge < -0.3 is 25.8 Å². The highest BCUT2D eigenvalue weighted by Crippen LogP contribution is 2.45. The van der Waals surface area contributed by atoms with Crippen molar-refractivity contribution in [3.8, 4) is 17.0 Å². The second-order valence-electron chi connectivity index (χ2n) is 9.55. The van der Waals surface area contributed by atoms with Crippen LogP contribution < -0.4 is 16.2 Å². The number of rotatable bonds is 6. The first-order chi connectivity index (χ1) is 15.2. The number of nitrogen functional groups attached to an aromatic ring is 1. The lowest BCUT2D eigenvalue weighted by atomic mass is 9.70. The Morgan fingerprint density at radius 1 is 1.09 bits per heavy atom. The molecule has 0 aliphatic heterocycles. The molecule has 2 aromatic rings. The molecule has 4 N–H and O–H groups in total. The number of benzene rings is 1. The largest absolute Gasteiger partial charge is 0.490 e. The van der Waals surface area contributed by atoms with E-state index in [-0.39, 0.29) is 11.6 Å². The van der Waals surface area contributed by atoms with E-state index >= 15 is 0 Å². The summed E-state index contributed by atoms with van der Waals surface area (Å²) in [6, 6.07) is 6.04. The van der Waals surface area contributed by atoms with E-state index in [1.807, 2.05) is 18.2 Å². The van der Waals surface area contributed by atoms with Gasteiger partial charge in [-0.2, -0.15) is 0 Å². The number of oxime groups is 1. The van der Waals surface area contributed by atoms with E-state index in [4.69, 9.17) is 25.8 Å². The average molecular weight is 440 g/mol. The van der Waals surface area contributed by atoms with Crippen LogP contribution in [0.3, 0.4) is 0 Å². The number of ether oxygens (including phenoxy) is 2. The highest BCUT2D eigenvalue weighted by Gasteiger charge is 2.41. The SMILES string of the molecule is COCCO/N=C1\c2cc(O[C@H]3CC[C@@](C)(N)CC3)ccc2-c2ncnc(N)c2C1(C)C. The van der Waals surface area contributed by atoms with Crippen LogP contribution in [-0.2, 0) is 15.0 Å². The molecule has 0 unspecified atom stereocenters. The molecule has 1 heterocycles. The van der Waals surface area contributed by atoms with Crippen molar-refractivity contribution >= 4 is 11.5 Å². The lowest BCUT2D eigenvalue weighted by Gasteiger charge is -2.36. The minimum Gasteiger partial charge on any atom is -0.490 e. The molecular formula is C24H33N5O3. The smallest absolute Gasteiger partial charge is 0.140 e. The molecule has 32 heavy (non-hydrogen) atoms. The number of methoxy groups -OCH3 is 1. The number of hydrogen-bond donors (Lipinski definition) is 2. The third-order valence-electron chi connectivity index (χ3n) is 6.51. The van der Waals surface area contributed by atoms with Crippen molar-refractivity contribution < 1.29 is 14.3 Å². The summed E-state index contributed by atoms with van der Waals surface area (Å²) < 4.78 is 11.4. The lowest BCUT2D eigenvalue weighted by molar-refractivity contribution is 0.0743. The van der Waals surface area contributed by atoms with Gasteiger partial charge in [-0.25, -0.2) is 9.97 Å². The van der Waals surface area contributed by atoms with Crippen LogP contribution in [-0.4, -0.2) is 47.6 Å². The molecule has 0 bridgehead atoms. The summed E-state index contributed by atoms with van der Waals surface area (Å²) in [6.07, 6.45) is 5.47. The molecule has 172 valence electrons. The van der Waals surface area contributed by atoms with Gasteiger partial charge in [-0.05, 0) is 64.7 Å². The molecule has 0 amide bonds. The van der Waals surface area contributed by atoms with Crippen LogP contribution in [0.5, 0.6) is 5.75 Å². The Kier molecular flexibility index (Phi) is 6.09. The Balaban J connectivity index is 1.72. The molecular weight excluding hydrogens is 406 g/mol. The highest BCUT2D eigenvalue weighted by atomic mass is 16.6. The summed E-state index contributed by atoms with van der Waals surface area (Å²) in [6.45, 7) is 7.04. The number of fused-ring (bicyclic) bond motifs is 3. The first-order valence-electron chi connectivity index (χ1n) is 11.1. The molecule has 8 heteroatoms. The van der Waals surface area contributed by atoms with Gasteiger partial charge in [0.05, 0.1) is 24.1 Å². The minimum atomic E-state index is -0.550. The third kappa shape index (κ3) is 4.29. The van der Waals surface area contributed by atoms with E-state index in [0.29, 0.717) is 19.0 Å². The molecule has 1 saturated carbocycles. The van der Waals surface area contributed by atoms with E-state index in [0.717, 1.165) is 59.5 Å². The quantitative estimate of drug-likeness (QED) is 0.523. The standard InChI is InChI=1S/C24H33N5O3/c1-23(2)19-20(27-14-28-22(19)25)17-6-5-16(32-15-7-9-24(3,26)10-8-15)13-18(17)21(23)29-31-12-11-30-4/h5-6,13-15H,7-12,26H2,1-4H3,(H2,25,27,28)/b29-21+/t15-,24+. The zero-order valence-electron chi connectivity index (χ0n) is 19.4. The topological polar surface area (TPSA) is 118 Å². The van der Waals surface area contributed by atoms with Gasteiger partial charge in [0.25, 0.3) is 0 Å². The summed E-state index contributed by atoms with van der Waals surface area (Å²) in [7, 11) is 1.63. The second kappa shape index (κ2) is 8.67. The number of nitrogens with two attached hydrogens (primary N) is 2. The Morgan fingerprint density at radius 3 is 2.56 bits per heavy atom. The van der Waals surface area contributed by atoms with Crippen molar-refractivity contribution in [1.82, 2.24) is 9.97 Å². The van der Waals surface area contributed by atoms with E-state index in [2.05, 4.69) is 35.9 Å². The maximum Gasteiger partial charge on any atom is 0.140 e. The molecule has 2 aliphatic carbocycles. The van der Waals surface area contributed by atoms with E-state index in [1.54, 1.807) is 7.11 Å². The molecule has 1 fully saturated rings. The predicted octanol–water partition coefficient (Wildman–Crippen LogP) is 3.42. The van der Waals surface area contributed by atoms with Gasteiger partial charge in [0.1, 0.15) is 24.5 Å². The van der Waals surface area contributed by atoms with Gasteiger partial charge in [-0.3, -0.25) is 0 Å². The van der Waals surface area contributed by atoms with Crippen LogP contribution in [0.2, 0.25) is 0 Å². The Hall–Kier alpha value is -2.71.